The first-order valence-corrected chi connectivity index (χ1v) is 5.57. The summed E-state index contributed by atoms with van der Waals surface area (Å²) < 4.78 is 27.0. The number of anilines is 2. The highest BCUT2D eigenvalue weighted by Crippen LogP contribution is 2.22. The van der Waals surface area contributed by atoms with Crippen LogP contribution in [-0.2, 0) is 0 Å². The smallest absolute Gasteiger partial charge is 0.224 e. The van der Waals surface area contributed by atoms with E-state index in [0.29, 0.717) is 11.5 Å². The van der Waals surface area contributed by atoms with E-state index in [-0.39, 0.29) is 16.5 Å². The van der Waals surface area contributed by atoms with Crippen molar-refractivity contribution in [3.05, 3.63) is 46.4 Å². The number of rotatable bonds is 2. The monoisotopic (exact) mass is 269 g/mol. The molecule has 6 heteroatoms. The summed E-state index contributed by atoms with van der Waals surface area (Å²) in [5.74, 6) is -0.730. The van der Waals surface area contributed by atoms with Gasteiger partial charge >= 0.3 is 0 Å². The third-order valence-electron chi connectivity index (χ3n) is 2.34. The number of hydrogen-bond acceptors (Lipinski definition) is 3. The quantitative estimate of drug-likeness (QED) is 0.844. The van der Waals surface area contributed by atoms with Crippen LogP contribution in [0.5, 0.6) is 0 Å². The van der Waals surface area contributed by atoms with Gasteiger partial charge in [0.15, 0.2) is 0 Å². The van der Waals surface area contributed by atoms with Crippen LogP contribution < -0.4 is 5.32 Å². The first-order valence-electron chi connectivity index (χ1n) is 5.19. The highest BCUT2D eigenvalue weighted by Gasteiger charge is 2.09. The Kier molecular flexibility index (Phi) is 3.43. The normalized spacial score (nSPS) is 10.5. The van der Waals surface area contributed by atoms with Crippen molar-refractivity contribution in [2.75, 3.05) is 5.32 Å². The lowest BCUT2D eigenvalue weighted by Crippen LogP contribution is -2.00. The lowest BCUT2D eigenvalue weighted by molar-refractivity contribution is 0.595. The Bertz CT molecular complexity index is 582. The molecular formula is C12H10ClF2N3. The number of hydrogen-bond donors (Lipinski definition) is 1. The van der Waals surface area contributed by atoms with Crippen LogP contribution in [-0.4, -0.2) is 9.97 Å². The van der Waals surface area contributed by atoms with E-state index in [1.807, 2.05) is 0 Å². The van der Waals surface area contributed by atoms with Crippen molar-refractivity contribution >= 4 is 23.1 Å². The van der Waals surface area contributed by atoms with Gasteiger partial charge in [0, 0.05) is 17.8 Å². The van der Waals surface area contributed by atoms with E-state index in [0.717, 1.165) is 12.1 Å². The second kappa shape index (κ2) is 4.86. The van der Waals surface area contributed by atoms with Crippen LogP contribution in [0.3, 0.4) is 0 Å². The van der Waals surface area contributed by atoms with Gasteiger partial charge in [-0.3, -0.25) is 0 Å². The van der Waals surface area contributed by atoms with Crippen LogP contribution in [0.4, 0.5) is 20.3 Å². The second-order valence-corrected chi connectivity index (χ2v) is 4.21. The molecule has 0 aliphatic rings. The average Bonchev–Trinajstić information content (AvgIpc) is 2.24. The van der Waals surface area contributed by atoms with E-state index in [9.17, 15) is 8.78 Å². The van der Waals surface area contributed by atoms with Crippen molar-refractivity contribution in [2.45, 2.75) is 13.8 Å². The van der Waals surface area contributed by atoms with E-state index < -0.39 is 11.6 Å². The minimum atomic E-state index is -0.554. The molecule has 0 saturated heterocycles. The Morgan fingerprint density at radius 3 is 2.44 bits per heavy atom. The Morgan fingerprint density at radius 1 is 1.06 bits per heavy atom. The summed E-state index contributed by atoms with van der Waals surface area (Å²) in [5.41, 5.74) is 0.882. The summed E-state index contributed by atoms with van der Waals surface area (Å²) in [5, 5.41) is 2.72. The fourth-order valence-corrected chi connectivity index (χ4v) is 1.70. The van der Waals surface area contributed by atoms with Gasteiger partial charge in [0.05, 0.1) is 5.69 Å². The van der Waals surface area contributed by atoms with Crippen molar-refractivity contribution in [3.8, 4) is 0 Å². The van der Waals surface area contributed by atoms with Gasteiger partial charge in [0.2, 0.25) is 5.28 Å². The number of aromatic nitrogens is 2. The molecule has 0 atom stereocenters. The largest absolute Gasteiger partial charge is 0.338 e. The van der Waals surface area contributed by atoms with Crippen LogP contribution in [0, 0.1) is 25.5 Å². The summed E-state index contributed by atoms with van der Waals surface area (Å²) in [7, 11) is 0. The van der Waals surface area contributed by atoms with Gasteiger partial charge in [-0.05, 0) is 37.1 Å². The van der Waals surface area contributed by atoms with Gasteiger partial charge in [-0.15, -0.1) is 0 Å². The Hall–Kier alpha value is -1.75. The molecule has 2 aromatic rings. The minimum Gasteiger partial charge on any atom is -0.338 e. The maximum absolute atomic E-state index is 13.6. The molecule has 0 amide bonds. The third-order valence-corrected chi connectivity index (χ3v) is 2.51. The summed E-state index contributed by atoms with van der Waals surface area (Å²) in [6.07, 6.45) is 0. The molecule has 1 N–H and O–H groups in total. The molecule has 2 rings (SSSR count). The maximum Gasteiger partial charge on any atom is 0.224 e. The predicted octanol–water partition coefficient (Wildman–Crippen LogP) is 3.77. The molecule has 0 unspecified atom stereocenters. The number of nitrogens with zero attached hydrogens (tertiary/aromatic N) is 2. The topological polar surface area (TPSA) is 37.8 Å². The van der Waals surface area contributed by atoms with Gasteiger partial charge in [-0.25, -0.2) is 18.7 Å². The predicted molar refractivity (Wildman–Crippen MR) is 66.2 cm³/mol. The van der Waals surface area contributed by atoms with Gasteiger partial charge in [0.25, 0.3) is 0 Å². The molecule has 0 bridgehead atoms. The van der Waals surface area contributed by atoms with Crippen molar-refractivity contribution in [1.82, 2.24) is 9.97 Å². The molecule has 0 fully saturated rings. The molecule has 1 heterocycles. The van der Waals surface area contributed by atoms with Crippen LogP contribution in [0.15, 0.2) is 18.2 Å². The SMILES string of the molecule is Cc1cc(Nc2cc(F)c(C)cc2F)nc(Cl)n1. The molecule has 18 heavy (non-hydrogen) atoms. The summed E-state index contributed by atoms with van der Waals surface area (Å²) in [4.78, 5) is 7.75. The molecule has 1 aromatic carbocycles. The van der Waals surface area contributed by atoms with Crippen LogP contribution in [0.2, 0.25) is 5.28 Å². The van der Waals surface area contributed by atoms with Crippen LogP contribution in [0.25, 0.3) is 0 Å². The molecule has 3 nitrogen and oxygen atoms in total. The molecule has 0 radical (unpaired) electrons. The van der Waals surface area contributed by atoms with Gasteiger partial charge in [-0.1, -0.05) is 0 Å². The number of halogens is 3. The molecule has 0 spiro atoms. The molecular weight excluding hydrogens is 260 g/mol. The van der Waals surface area contributed by atoms with Crippen LogP contribution >= 0.6 is 11.6 Å². The maximum atomic E-state index is 13.6. The van der Waals surface area contributed by atoms with E-state index in [4.69, 9.17) is 11.6 Å². The summed E-state index contributed by atoms with van der Waals surface area (Å²) in [6.45, 7) is 3.22. The zero-order chi connectivity index (χ0) is 13.3. The number of benzene rings is 1. The molecule has 1 aromatic heterocycles. The fraction of sp³-hybridized carbons (Fsp3) is 0.167. The lowest BCUT2D eigenvalue weighted by Gasteiger charge is -2.09. The highest BCUT2D eigenvalue weighted by molar-refractivity contribution is 6.28. The van der Waals surface area contributed by atoms with Crippen molar-refractivity contribution < 1.29 is 8.78 Å². The van der Waals surface area contributed by atoms with Crippen molar-refractivity contribution in [1.29, 1.82) is 0 Å². The van der Waals surface area contributed by atoms with Crippen LogP contribution in [0.1, 0.15) is 11.3 Å². The van der Waals surface area contributed by atoms with E-state index in [2.05, 4.69) is 15.3 Å². The lowest BCUT2D eigenvalue weighted by atomic mass is 10.2. The molecule has 94 valence electrons. The first-order chi connectivity index (χ1) is 8.45. The Morgan fingerprint density at radius 2 is 1.78 bits per heavy atom. The second-order valence-electron chi connectivity index (χ2n) is 3.87. The fourth-order valence-electron chi connectivity index (χ4n) is 1.48. The Labute approximate surface area is 108 Å². The number of nitrogens with one attached hydrogen (secondary N) is 1. The summed E-state index contributed by atoms with van der Waals surface area (Å²) >= 11 is 5.68. The van der Waals surface area contributed by atoms with Gasteiger partial charge in [-0.2, -0.15) is 0 Å². The number of aryl methyl sites for hydroxylation is 2. The van der Waals surface area contributed by atoms with E-state index in [1.165, 1.54) is 6.92 Å². The van der Waals surface area contributed by atoms with E-state index in [1.54, 1.807) is 13.0 Å². The van der Waals surface area contributed by atoms with E-state index >= 15 is 0 Å². The average molecular weight is 270 g/mol. The molecule has 0 saturated carbocycles. The van der Waals surface area contributed by atoms with Gasteiger partial charge < -0.3 is 5.32 Å². The minimum absolute atomic E-state index is 0.00673. The zero-order valence-electron chi connectivity index (χ0n) is 9.76. The van der Waals surface area contributed by atoms with Crippen molar-refractivity contribution in [3.63, 3.8) is 0 Å². The van der Waals surface area contributed by atoms with Crippen molar-refractivity contribution in [2.24, 2.45) is 0 Å². The molecule has 0 aliphatic heterocycles. The van der Waals surface area contributed by atoms with Gasteiger partial charge in [0.1, 0.15) is 17.5 Å². The third kappa shape index (κ3) is 2.73. The first kappa shape index (κ1) is 12.7. The summed E-state index contributed by atoms with van der Waals surface area (Å²) in [6, 6.07) is 3.78. The standard InChI is InChI=1S/C12H10ClF2N3/c1-6-3-9(15)10(5-8(6)14)17-11-4-7(2)16-12(13)18-11/h3-5H,1-2H3,(H,16,17,18). The molecule has 0 aliphatic carbocycles. The Balaban J connectivity index is 2.36. The zero-order valence-corrected chi connectivity index (χ0v) is 10.5. The highest BCUT2D eigenvalue weighted by atomic mass is 35.5.